The Balaban J connectivity index is 2.20. The van der Waals surface area contributed by atoms with Crippen molar-refractivity contribution in [2.75, 3.05) is 18.8 Å². The van der Waals surface area contributed by atoms with Crippen LogP contribution >= 0.6 is 11.8 Å². The Bertz CT molecular complexity index is 390. The molecule has 17 heavy (non-hydrogen) atoms. The van der Waals surface area contributed by atoms with Crippen molar-refractivity contribution in [1.82, 2.24) is 15.3 Å². The summed E-state index contributed by atoms with van der Waals surface area (Å²) >= 11 is 1.60. The van der Waals surface area contributed by atoms with Gasteiger partial charge in [0, 0.05) is 17.5 Å². The minimum absolute atomic E-state index is 0.0714. The van der Waals surface area contributed by atoms with E-state index in [0.29, 0.717) is 5.92 Å². The summed E-state index contributed by atoms with van der Waals surface area (Å²) in [5, 5.41) is 4.11. The first kappa shape index (κ1) is 14.3. The van der Waals surface area contributed by atoms with Crippen LogP contribution in [0.3, 0.4) is 0 Å². The lowest BCUT2D eigenvalue weighted by Crippen LogP contribution is -2.21. The Hall–Kier alpha value is -0.810. The molecule has 0 aliphatic carbocycles. The molecule has 0 bridgehead atoms. The van der Waals surface area contributed by atoms with Gasteiger partial charge in [-0.05, 0) is 32.4 Å². The SMILES string of the molecule is Cc1cc(=O)[nH]c(SCCCNCC(C)C)n1. The van der Waals surface area contributed by atoms with E-state index in [4.69, 9.17) is 0 Å². The van der Waals surface area contributed by atoms with Crippen LogP contribution in [0.15, 0.2) is 16.0 Å². The molecule has 0 saturated heterocycles. The number of aryl methyl sites for hydroxylation is 1. The average molecular weight is 255 g/mol. The zero-order chi connectivity index (χ0) is 12.7. The van der Waals surface area contributed by atoms with Crippen LogP contribution in [0, 0.1) is 12.8 Å². The van der Waals surface area contributed by atoms with Crippen molar-refractivity contribution >= 4 is 11.8 Å². The fraction of sp³-hybridized carbons (Fsp3) is 0.667. The third kappa shape index (κ3) is 6.48. The second kappa shape index (κ2) is 7.50. The molecule has 0 spiro atoms. The van der Waals surface area contributed by atoms with E-state index in [9.17, 15) is 4.79 Å². The van der Waals surface area contributed by atoms with Crippen molar-refractivity contribution in [2.45, 2.75) is 32.3 Å². The number of H-pyrrole nitrogens is 1. The van der Waals surface area contributed by atoms with Gasteiger partial charge in [-0.1, -0.05) is 25.6 Å². The van der Waals surface area contributed by atoms with E-state index < -0.39 is 0 Å². The van der Waals surface area contributed by atoms with Gasteiger partial charge in [0.1, 0.15) is 0 Å². The highest BCUT2D eigenvalue weighted by Crippen LogP contribution is 2.11. The number of hydrogen-bond acceptors (Lipinski definition) is 4. The summed E-state index contributed by atoms with van der Waals surface area (Å²) in [4.78, 5) is 18.2. The van der Waals surface area contributed by atoms with Crippen LogP contribution in [0.4, 0.5) is 0 Å². The maximum absolute atomic E-state index is 11.2. The Morgan fingerprint density at radius 1 is 1.53 bits per heavy atom. The predicted molar refractivity (Wildman–Crippen MR) is 72.6 cm³/mol. The fourth-order valence-corrected chi connectivity index (χ4v) is 2.24. The standard InChI is InChI=1S/C12H21N3OS/c1-9(2)8-13-5-4-6-17-12-14-10(3)7-11(16)15-12/h7,9,13H,4-6,8H2,1-3H3,(H,14,15,16). The predicted octanol–water partition coefficient (Wildman–Crippen LogP) is 1.81. The van der Waals surface area contributed by atoms with E-state index in [1.54, 1.807) is 11.8 Å². The van der Waals surface area contributed by atoms with E-state index in [1.165, 1.54) is 6.07 Å². The minimum Gasteiger partial charge on any atom is -0.316 e. The van der Waals surface area contributed by atoms with Gasteiger partial charge < -0.3 is 10.3 Å². The lowest BCUT2D eigenvalue weighted by atomic mass is 10.2. The molecule has 0 atom stereocenters. The number of hydrogen-bond donors (Lipinski definition) is 2. The summed E-state index contributed by atoms with van der Waals surface area (Å²) in [6, 6.07) is 1.51. The molecule has 0 fully saturated rings. The monoisotopic (exact) mass is 255 g/mol. The highest BCUT2D eigenvalue weighted by molar-refractivity contribution is 7.99. The van der Waals surface area contributed by atoms with Crippen molar-refractivity contribution < 1.29 is 0 Å². The van der Waals surface area contributed by atoms with Gasteiger partial charge in [-0.2, -0.15) is 0 Å². The molecular weight excluding hydrogens is 234 g/mol. The average Bonchev–Trinajstić information content (AvgIpc) is 2.21. The van der Waals surface area contributed by atoms with Crippen molar-refractivity contribution in [2.24, 2.45) is 5.92 Å². The van der Waals surface area contributed by atoms with Crippen molar-refractivity contribution in [3.05, 3.63) is 22.1 Å². The lowest BCUT2D eigenvalue weighted by molar-refractivity contribution is 0.551. The van der Waals surface area contributed by atoms with E-state index in [0.717, 1.165) is 36.1 Å². The number of nitrogens with zero attached hydrogens (tertiary/aromatic N) is 1. The molecule has 5 heteroatoms. The number of rotatable bonds is 7. The zero-order valence-corrected chi connectivity index (χ0v) is 11.6. The molecule has 0 saturated carbocycles. The lowest BCUT2D eigenvalue weighted by Gasteiger charge is -2.06. The van der Waals surface area contributed by atoms with Crippen molar-refractivity contribution in [1.29, 1.82) is 0 Å². The molecule has 0 amide bonds. The summed E-state index contributed by atoms with van der Waals surface area (Å²) in [7, 11) is 0. The zero-order valence-electron chi connectivity index (χ0n) is 10.7. The molecule has 96 valence electrons. The van der Waals surface area contributed by atoms with E-state index >= 15 is 0 Å². The number of aromatic nitrogens is 2. The first-order valence-electron chi connectivity index (χ1n) is 5.99. The number of aromatic amines is 1. The summed E-state index contributed by atoms with van der Waals surface area (Å²) in [5.74, 6) is 1.66. The second-order valence-corrected chi connectivity index (χ2v) is 5.58. The third-order valence-electron chi connectivity index (χ3n) is 2.14. The molecule has 1 aromatic rings. The van der Waals surface area contributed by atoms with Gasteiger partial charge in [0.05, 0.1) is 0 Å². The molecule has 1 heterocycles. The van der Waals surface area contributed by atoms with Crippen LogP contribution in [0.25, 0.3) is 0 Å². The molecule has 0 aliphatic rings. The van der Waals surface area contributed by atoms with Gasteiger partial charge in [0.15, 0.2) is 5.16 Å². The Morgan fingerprint density at radius 3 is 2.94 bits per heavy atom. The van der Waals surface area contributed by atoms with Crippen molar-refractivity contribution in [3.8, 4) is 0 Å². The minimum atomic E-state index is -0.0714. The van der Waals surface area contributed by atoms with Gasteiger partial charge in [-0.25, -0.2) is 4.98 Å². The maximum atomic E-state index is 11.2. The topological polar surface area (TPSA) is 57.8 Å². The normalized spacial score (nSPS) is 11.1. The molecule has 1 rings (SSSR count). The summed E-state index contributed by atoms with van der Waals surface area (Å²) < 4.78 is 0. The second-order valence-electron chi connectivity index (χ2n) is 4.49. The Morgan fingerprint density at radius 2 is 2.29 bits per heavy atom. The first-order chi connectivity index (χ1) is 8.08. The fourth-order valence-electron chi connectivity index (χ4n) is 1.38. The molecule has 2 N–H and O–H groups in total. The largest absolute Gasteiger partial charge is 0.316 e. The third-order valence-corrected chi connectivity index (χ3v) is 3.10. The Kier molecular flexibility index (Phi) is 6.29. The van der Waals surface area contributed by atoms with Gasteiger partial charge in [0.25, 0.3) is 5.56 Å². The summed E-state index contributed by atoms with van der Waals surface area (Å²) in [5.41, 5.74) is 0.701. The van der Waals surface area contributed by atoms with Crippen LogP contribution in [-0.4, -0.2) is 28.8 Å². The highest BCUT2D eigenvalue weighted by atomic mass is 32.2. The van der Waals surface area contributed by atoms with E-state index in [2.05, 4.69) is 29.1 Å². The Labute approximate surface area is 107 Å². The summed E-state index contributed by atoms with van der Waals surface area (Å²) in [6.07, 6.45) is 1.08. The van der Waals surface area contributed by atoms with Gasteiger partial charge in [-0.3, -0.25) is 4.79 Å². The quantitative estimate of drug-likeness (QED) is 0.443. The molecule has 1 aromatic heterocycles. The molecule has 0 unspecified atom stereocenters. The maximum Gasteiger partial charge on any atom is 0.251 e. The number of thioether (sulfide) groups is 1. The van der Waals surface area contributed by atoms with Crippen LogP contribution < -0.4 is 10.9 Å². The van der Waals surface area contributed by atoms with Crippen LogP contribution in [0.5, 0.6) is 0 Å². The van der Waals surface area contributed by atoms with Crippen LogP contribution in [-0.2, 0) is 0 Å². The van der Waals surface area contributed by atoms with Crippen molar-refractivity contribution in [3.63, 3.8) is 0 Å². The highest BCUT2D eigenvalue weighted by Gasteiger charge is 1.99. The van der Waals surface area contributed by atoms with E-state index in [-0.39, 0.29) is 5.56 Å². The molecule has 0 aliphatic heterocycles. The molecular formula is C12H21N3OS. The molecule has 0 aromatic carbocycles. The molecule has 4 nitrogen and oxygen atoms in total. The van der Waals surface area contributed by atoms with E-state index in [1.807, 2.05) is 6.92 Å². The van der Waals surface area contributed by atoms with Gasteiger partial charge >= 0.3 is 0 Å². The first-order valence-corrected chi connectivity index (χ1v) is 6.98. The molecule has 0 radical (unpaired) electrons. The summed E-state index contributed by atoms with van der Waals surface area (Å²) in [6.45, 7) is 8.31. The number of nitrogens with one attached hydrogen (secondary N) is 2. The van der Waals surface area contributed by atoms with Gasteiger partial charge in [0.2, 0.25) is 0 Å². The smallest absolute Gasteiger partial charge is 0.251 e. The van der Waals surface area contributed by atoms with Gasteiger partial charge in [-0.15, -0.1) is 0 Å². The van der Waals surface area contributed by atoms with Crippen LogP contribution in [0.2, 0.25) is 0 Å². The van der Waals surface area contributed by atoms with Crippen LogP contribution in [0.1, 0.15) is 26.0 Å².